The first-order valence-corrected chi connectivity index (χ1v) is 6.74. The number of anilines is 1. The van der Waals surface area contributed by atoms with E-state index in [1.807, 2.05) is 13.8 Å². The molecule has 0 bridgehead atoms. The summed E-state index contributed by atoms with van der Waals surface area (Å²) in [7, 11) is 0. The number of carbonyl (C=O) groups is 2. The van der Waals surface area contributed by atoms with Gasteiger partial charge < -0.3 is 10.6 Å². The highest BCUT2D eigenvalue weighted by Crippen LogP contribution is 2.18. The molecule has 5 heteroatoms. The van der Waals surface area contributed by atoms with Gasteiger partial charge in [-0.3, -0.25) is 9.59 Å². The van der Waals surface area contributed by atoms with Crippen LogP contribution >= 0.6 is 0 Å². The van der Waals surface area contributed by atoms with Crippen molar-refractivity contribution < 1.29 is 14.0 Å². The van der Waals surface area contributed by atoms with E-state index >= 15 is 0 Å². The second kappa shape index (κ2) is 7.62. The average Bonchev–Trinajstić information content (AvgIpc) is 2.38. The van der Waals surface area contributed by atoms with E-state index in [1.165, 1.54) is 29.2 Å². The van der Waals surface area contributed by atoms with Gasteiger partial charge in [0.15, 0.2) is 0 Å². The van der Waals surface area contributed by atoms with Crippen LogP contribution < -0.4 is 10.6 Å². The largest absolute Gasteiger partial charge is 0.370 e. The third kappa shape index (κ3) is 5.38. The smallest absolute Gasteiger partial charge is 0.226 e. The molecule has 1 rings (SSSR count). The first-order chi connectivity index (χ1) is 9.40. The van der Waals surface area contributed by atoms with Gasteiger partial charge in [-0.25, -0.2) is 4.39 Å². The molecule has 20 heavy (non-hydrogen) atoms. The van der Waals surface area contributed by atoms with Gasteiger partial charge in [-0.05, 0) is 36.6 Å². The zero-order valence-corrected chi connectivity index (χ0v) is 11.9. The van der Waals surface area contributed by atoms with Gasteiger partial charge in [0, 0.05) is 25.1 Å². The zero-order valence-electron chi connectivity index (χ0n) is 11.9. The summed E-state index contributed by atoms with van der Waals surface area (Å²) in [5.41, 5.74) is 5.71. The number of amides is 2. The van der Waals surface area contributed by atoms with Crippen LogP contribution in [0.1, 0.15) is 33.1 Å². The van der Waals surface area contributed by atoms with Gasteiger partial charge in [-0.1, -0.05) is 13.8 Å². The van der Waals surface area contributed by atoms with Crippen LogP contribution in [-0.4, -0.2) is 18.4 Å². The third-order valence-electron chi connectivity index (χ3n) is 2.96. The molecule has 0 aromatic heterocycles. The highest BCUT2D eigenvalue weighted by Gasteiger charge is 2.16. The minimum absolute atomic E-state index is 0.0773. The number of carbonyl (C=O) groups excluding carboxylic acids is 2. The molecule has 0 heterocycles. The van der Waals surface area contributed by atoms with E-state index in [4.69, 9.17) is 5.73 Å². The van der Waals surface area contributed by atoms with Gasteiger partial charge in [0.05, 0.1) is 0 Å². The second-order valence-electron chi connectivity index (χ2n) is 5.17. The van der Waals surface area contributed by atoms with Crippen molar-refractivity contribution in [2.75, 3.05) is 11.4 Å². The summed E-state index contributed by atoms with van der Waals surface area (Å²) < 4.78 is 12.9. The van der Waals surface area contributed by atoms with E-state index in [-0.39, 0.29) is 24.7 Å². The summed E-state index contributed by atoms with van der Waals surface area (Å²) in [5, 5.41) is 0. The van der Waals surface area contributed by atoms with E-state index in [0.717, 1.165) is 6.42 Å². The Hall–Kier alpha value is -1.91. The van der Waals surface area contributed by atoms with Gasteiger partial charge in [0.25, 0.3) is 0 Å². The number of nitrogens with zero attached hydrogens (tertiary/aromatic N) is 1. The molecule has 0 atom stereocenters. The Kier molecular flexibility index (Phi) is 6.15. The third-order valence-corrected chi connectivity index (χ3v) is 2.96. The van der Waals surface area contributed by atoms with E-state index < -0.39 is 5.91 Å². The van der Waals surface area contributed by atoms with Crippen LogP contribution in [0.25, 0.3) is 0 Å². The Bertz CT molecular complexity index is 457. The van der Waals surface area contributed by atoms with Crippen LogP contribution in [0.5, 0.6) is 0 Å². The summed E-state index contributed by atoms with van der Waals surface area (Å²) in [6, 6.07) is 5.65. The van der Waals surface area contributed by atoms with Crippen LogP contribution in [0.3, 0.4) is 0 Å². The quantitative estimate of drug-likeness (QED) is 0.834. The van der Waals surface area contributed by atoms with Crippen LogP contribution in [0.4, 0.5) is 10.1 Å². The number of rotatable bonds is 7. The molecule has 0 aliphatic carbocycles. The van der Waals surface area contributed by atoms with Crippen molar-refractivity contribution in [3.63, 3.8) is 0 Å². The van der Waals surface area contributed by atoms with E-state index in [1.54, 1.807) is 0 Å². The maximum absolute atomic E-state index is 12.9. The molecule has 0 unspecified atom stereocenters. The lowest BCUT2D eigenvalue weighted by molar-refractivity contribution is -0.119. The van der Waals surface area contributed by atoms with E-state index in [9.17, 15) is 14.0 Å². The number of benzene rings is 1. The lowest BCUT2D eigenvalue weighted by Crippen LogP contribution is -2.34. The fourth-order valence-electron chi connectivity index (χ4n) is 1.79. The molecule has 0 saturated heterocycles. The molecule has 0 aliphatic heterocycles. The number of nitrogens with two attached hydrogens (primary N) is 1. The Labute approximate surface area is 118 Å². The topological polar surface area (TPSA) is 63.4 Å². The summed E-state index contributed by atoms with van der Waals surface area (Å²) in [6.45, 7) is 4.30. The van der Waals surface area contributed by atoms with Crippen LogP contribution in [-0.2, 0) is 9.59 Å². The SMILES string of the molecule is CC(C)CCC(=O)N(CCC(N)=O)c1ccc(F)cc1. The summed E-state index contributed by atoms with van der Waals surface area (Å²) in [4.78, 5) is 24.6. The molecule has 1 aromatic rings. The van der Waals surface area contributed by atoms with Crippen molar-refractivity contribution in [3.8, 4) is 0 Å². The molecule has 2 amide bonds. The lowest BCUT2D eigenvalue weighted by Gasteiger charge is -2.23. The normalized spacial score (nSPS) is 10.6. The molecule has 2 N–H and O–H groups in total. The maximum Gasteiger partial charge on any atom is 0.226 e. The van der Waals surface area contributed by atoms with Gasteiger partial charge in [-0.15, -0.1) is 0 Å². The van der Waals surface area contributed by atoms with Crippen molar-refractivity contribution in [2.45, 2.75) is 33.1 Å². The highest BCUT2D eigenvalue weighted by atomic mass is 19.1. The predicted octanol–water partition coefficient (Wildman–Crippen LogP) is 2.47. The molecule has 4 nitrogen and oxygen atoms in total. The van der Waals surface area contributed by atoms with Gasteiger partial charge in [0.2, 0.25) is 11.8 Å². The molecule has 110 valence electrons. The minimum atomic E-state index is -0.464. The zero-order chi connectivity index (χ0) is 15.1. The molecule has 0 fully saturated rings. The standard InChI is InChI=1S/C15H21FN2O2/c1-11(2)3-8-15(20)18(10-9-14(17)19)13-6-4-12(16)5-7-13/h4-7,11H,3,8-10H2,1-2H3,(H2,17,19). The lowest BCUT2D eigenvalue weighted by atomic mass is 10.1. The summed E-state index contributed by atoms with van der Waals surface area (Å²) in [6.07, 6.45) is 1.26. The van der Waals surface area contributed by atoms with Gasteiger partial charge >= 0.3 is 0 Å². The number of hydrogen-bond acceptors (Lipinski definition) is 2. The Balaban J connectivity index is 2.81. The molecule has 0 aliphatic rings. The first-order valence-electron chi connectivity index (χ1n) is 6.74. The second-order valence-corrected chi connectivity index (χ2v) is 5.17. The maximum atomic E-state index is 12.9. The molecular formula is C15H21FN2O2. The molecule has 0 spiro atoms. The summed E-state index contributed by atoms with van der Waals surface area (Å²) >= 11 is 0. The van der Waals surface area contributed by atoms with E-state index in [0.29, 0.717) is 18.0 Å². The molecule has 0 saturated carbocycles. The van der Waals surface area contributed by atoms with Gasteiger partial charge in [0.1, 0.15) is 5.82 Å². The van der Waals surface area contributed by atoms with Gasteiger partial charge in [-0.2, -0.15) is 0 Å². The molecular weight excluding hydrogens is 259 g/mol. The molecule has 0 radical (unpaired) electrons. The Morgan fingerprint density at radius 3 is 2.30 bits per heavy atom. The average molecular weight is 280 g/mol. The van der Waals surface area contributed by atoms with Crippen LogP contribution in [0, 0.1) is 11.7 Å². The van der Waals surface area contributed by atoms with Crippen molar-refractivity contribution in [1.29, 1.82) is 0 Å². The number of primary amides is 1. The van der Waals surface area contributed by atoms with Crippen molar-refractivity contribution in [1.82, 2.24) is 0 Å². The summed E-state index contributed by atoms with van der Waals surface area (Å²) in [5.74, 6) is -0.483. The monoisotopic (exact) mass is 280 g/mol. The Morgan fingerprint density at radius 2 is 1.80 bits per heavy atom. The predicted molar refractivity (Wildman–Crippen MR) is 76.6 cm³/mol. The first kappa shape index (κ1) is 16.1. The fourth-order valence-corrected chi connectivity index (χ4v) is 1.79. The fraction of sp³-hybridized carbons (Fsp3) is 0.467. The number of halogens is 1. The molecule has 1 aromatic carbocycles. The van der Waals surface area contributed by atoms with Crippen molar-refractivity contribution >= 4 is 17.5 Å². The minimum Gasteiger partial charge on any atom is -0.370 e. The Morgan fingerprint density at radius 1 is 1.20 bits per heavy atom. The van der Waals surface area contributed by atoms with E-state index in [2.05, 4.69) is 0 Å². The number of hydrogen-bond donors (Lipinski definition) is 1. The van der Waals surface area contributed by atoms with Crippen molar-refractivity contribution in [2.24, 2.45) is 11.7 Å². The van der Waals surface area contributed by atoms with Crippen LogP contribution in [0.15, 0.2) is 24.3 Å². The van der Waals surface area contributed by atoms with Crippen LogP contribution in [0.2, 0.25) is 0 Å². The van der Waals surface area contributed by atoms with Crippen molar-refractivity contribution in [3.05, 3.63) is 30.1 Å². The highest BCUT2D eigenvalue weighted by molar-refractivity contribution is 5.93.